The molecule has 0 aliphatic rings. The van der Waals surface area contributed by atoms with Gasteiger partial charge in [-0.05, 0) is 42.0 Å². The number of hydrogen-bond acceptors (Lipinski definition) is 5. The molecule has 5 nitrogen and oxygen atoms in total. The topological polar surface area (TPSA) is 69.7 Å². The number of ether oxygens (including phenoxy) is 2. The Hall–Kier alpha value is -2.34. The minimum absolute atomic E-state index is 0.0221. The van der Waals surface area contributed by atoms with Crippen LogP contribution in [0.3, 0.4) is 0 Å². The predicted molar refractivity (Wildman–Crippen MR) is 86.3 cm³/mol. The number of carbonyl (C=O) groups is 1. The number of rotatable bonds is 6. The van der Waals surface area contributed by atoms with Gasteiger partial charge in [-0.15, -0.1) is 0 Å². The molecule has 0 aliphatic carbocycles. The number of methoxy groups -OCH3 is 1. The maximum atomic E-state index is 12.0. The van der Waals surface area contributed by atoms with Crippen LogP contribution < -0.4 is 4.74 Å². The van der Waals surface area contributed by atoms with E-state index in [1.807, 2.05) is 12.1 Å². The third-order valence-corrected chi connectivity index (χ3v) is 5.11. The molecule has 2 aromatic carbocycles. The third kappa shape index (κ3) is 4.32. The van der Waals surface area contributed by atoms with Crippen LogP contribution >= 0.6 is 0 Å². The highest BCUT2D eigenvalue weighted by atomic mass is 32.2. The number of hydrogen-bond donors (Lipinski definition) is 0. The molecule has 2 rings (SSSR count). The van der Waals surface area contributed by atoms with Gasteiger partial charge in [0, 0.05) is 0 Å². The van der Waals surface area contributed by atoms with Gasteiger partial charge in [0.25, 0.3) is 0 Å². The van der Waals surface area contributed by atoms with Gasteiger partial charge in [0.15, 0.2) is 9.84 Å². The first kappa shape index (κ1) is 17.0. The quantitative estimate of drug-likeness (QED) is 0.760. The summed E-state index contributed by atoms with van der Waals surface area (Å²) < 4.78 is 33.7. The molecule has 23 heavy (non-hydrogen) atoms. The van der Waals surface area contributed by atoms with Gasteiger partial charge in [0.1, 0.15) is 12.4 Å². The maximum Gasteiger partial charge on any atom is 0.338 e. The Labute approximate surface area is 135 Å². The second-order valence-corrected chi connectivity index (χ2v) is 7.13. The fourth-order valence-electron chi connectivity index (χ4n) is 1.92. The van der Waals surface area contributed by atoms with Crippen LogP contribution in [-0.2, 0) is 21.2 Å². The highest BCUT2D eigenvalue weighted by Gasteiger charge is 2.13. The van der Waals surface area contributed by atoms with Crippen LogP contribution in [0.2, 0.25) is 0 Å². The van der Waals surface area contributed by atoms with E-state index in [1.54, 1.807) is 26.2 Å². The van der Waals surface area contributed by atoms with Crippen molar-refractivity contribution in [3.05, 3.63) is 59.7 Å². The Balaban J connectivity index is 2.00. The normalized spacial score (nSPS) is 11.0. The first-order valence-corrected chi connectivity index (χ1v) is 8.74. The second kappa shape index (κ2) is 7.28. The summed E-state index contributed by atoms with van der Waals surface area (Å²) in [6, 6.07) is 12.9. The molecule has 0 heterocycles. The van der Waals surface area contributed by atoms with E-state index in [1.165, 1.54) is 24.3 Å². The Morgan fingerprint density at radius 2 is 1.61 bits per heavy atom. The van der Waals surface area contributed by atoms with Crippen LogP contribution in [0.5, 0.6) is 5.75 Å². The average molecular weight is 334 g/mol. The van der Waals surface area contributed by atoms with Gasteiger partial charge in [-0.3, -0.25) is 0 Å². The third-order valence-electron chi connectivity index (χ3n) is 3.36. The van der Waals surface area contributed by atoms with Crippen LogP contribution in [0.25, 0.3) is 0 Å². The van der Waals surface area contributed by atoms with Crippen molar-refractivity contribution in [1.82, 2.24) is 0 Å². The molecule has 0 atom stereocenters. The number of carbonyl (C=O) groups excluding carboxylic acids is 1. The van der Waals surface area contributed by atoms with Crippen LogP contribution in [0, 0.1) is 0 Å². The average Bonchev–Trinajstić information content (AvgIpc) is 2.60. The number of sulfone groups is 1. The lowest BCUT2D eigenvalue weighted by atomic mass is 10.2. The van der Waals surface area contributed by atoms with Crippen LogP contribution in [0.1, 0.15) is 22.8 Å². The van der Waals surface area contributed by atoms with E-state index in [9.17, 15) is 13.2 Å². The minimum Gasteiger partial charge on any atom is -0.497 e. The summed E-state index contributed by atoms with van der Waals surface area (Å²) in [7, 11) is -1.69. The van der Waals surface area contributed by atoms with Gasteiger partial charge in [-0.25, -0.2) is 13.2 Å². The largest absolute Gasteiger partial charge is 0.497 e. The second-order valence-electron chi connectivity index (χ2n) is 4.85. The highest BCUT2D eigenvalue weighted by Crippen LogP contribution is 2.15. The summed E-state index contributed by atoms with van der Waals surface area (Å²) >= 11 is 0. The lowest BCUT2D eigenvalue weighted by Gasteiger charge is -2.07. The summed E-state index contributed by atoms with van der Waals surface area (Å²) in [5, 5.41) is 0. The lowest BCUT2D eigenvalue weighted by Crippen LogP contribution is -2.07. The first-order chi connectivity index (χ1) is 11.0. The van der Waals surface area contributed by atoms with Crippen molar-refractivity contribution < 1.29 is 22.7 Å². The summed E-state index contributed by atoms with van der Waals surface area (Å²) in [6.45, 7) is 1.71. The first-order valence-electron chi connectivity index (χ1n) is 7.09. The fourth-order valence-corrected chi connectivity index (χ4v) is 2.80. The summed E-state index contributed by atoms with van der Waals surface area (Å²) in [4.78, 5) is 12.2. The molecule has 6 heteroatoms. The molecular formula is C17H18O5S. The Morgan fingerprint density at radius 1 is 1.00 bits per heavy atom. The summed E-state index contributed by atoms with van der Waals surface area (Å²) in [5.74, 6) is 0.253. The van der Waals surface area contributed by atoms with Gasteiger partial charge in [-0.1, -0.05) is 19.1 Å². The zero-order valence-corrected chi connectivity index (χ0v) is 13.8. The molecule has 2 aromatic rings. The molecule has 0 bridgehead atoms. The zero-order chi connectivity index (χ0) is 16.9. The van der Waals surface area contributed by atoms with Gasteiger partial charge in [0.2, 0.25) is 0 Å². The van der Waals surface area contributed by atoms with E-state index in [0.717, 1.165) is 11.3 Å². The Bertz CT molecular complexity index is 762. The molecule has 0 radical (unpaired) electrons. The maximum absolute atomic E-state index is 12.0. The SMILES string of the molecule is CCS(=O)(=O)c1ccc(C(=O)OCc2ccc(OC)cc2)cc1. The monoisotopic (exact) mass is 334 g/mol. The molecule has 0 aromatic heterocycles. The lowest BCUT2D eigenvalue weighted by molar-refractivity contribution is 0.0472. The van der Waals surface area contributed by atoms with Crippen molar-refractivity contribution in [2.75, 3.05) is 12.9 Å². The molecule has 122 valence electrons. The van der Waals surface area contributed by atoms with E-state index in [-0.39, 0.29) is 17.3 Å². The number of esters is 1. The Kier molecular flexibility index (Phi) is 5.39. The highest BCUT2D eigenvalue weighted by molar-refractivity contribution is 7.91. The van der Waals surface area contributed by atoms with Crippen molar-refractivity contribution in [2.45, 2.75) is 18.4 Å². The van der Waals surface area contributed by atoms with Crippen molar-refractivity contribution in [3.63, 3.8) is 0 Å². The molecule has 0 aliphatic heterocycles. The fraction of sp³-hybridized carbons (Fsp3) is 0.235. The van der Waals surface area contributed by atoms with Gasteiger partial charge < -0.3 is 9.47 Å². The van der Waals surface area contributed by atoms with Gasteiger partial charge >= 0.3 is 5.97 Å². The van der Waals surface area contributed by atoms with Crippen LogP contribution in [-0.4, -0.2) is 27.2 Å². The standard InChI is InChI=1S/C17H18O5S/c1-3-23(19,20)16-10-6-14(7-11-16)17(18)22-12-13-4-8-15(21-2)9-5-13/h4-11H,3,12H2,1-2H3. The molecular weight excluding hydrogens is 316 g/mol. The molecule has 0 N–H and O–H groups in total. The zero-order valence-electron chi connectivity index (χ0n) is 13.0. The predicted octanol–water partition coefficient (Wildman–Crippen LogP) is 2.85. The van der Waals surface area contributed by atoms with Crippen LogP contribution in [0.15, 0.2) is 53.4 Å². The van der Waals surface area contributed by atoms with Crippen molar-refractivity contribution in [3.8, 4) is 5.75 Å². The Morgan fingerprint density at radius 3 is 2.13 bits per heavy atom. The number of benzene rings is 2. The van der Waals surface area contributed by atoms with E-state index in [4.69, 9.17) is 9.47 Å². The molecule has 0 amide bonds. The van der Waals surface area contributed by atoms with Crippen molar-refractivity contribution in [1.29, 1.82) is 0 Å². The van der Waals surface area contributed by atoms with E-state index in [2.05, 4.69) is 0 Å². The molecule has 0 saturated carbocycles. The van der Waals surface area contributed by atoms with Crippen molar-refractivity contribution >= 4 is 15.8 Å². The molecule has 0 unspecified atom stereocenters. The summed E-state index contributed by atoms with van der Waals surface area (Å²) in [6.07, 6.45) is 0. The van der Waals surface area contributed by atoms with E-state index in [0.29, 0.717) is 5.56 Å². The van der Waals surface area contributed by atoms with Gasteiger partial charge in [-0.2, -0.15) is 0 Å². The van der Waals surface area contributed by atoms with Gasteiger partial charge in [0.05, 0.1) is 23.3 Å². The van der Waals surface area contributed by atoms with E-state index >= 15 is 0 Å². The van der Waals surface area contributed by atoms with Crippen molar-refractivity contribution in [2.24, 2.45) is 0 Å². The molecule has 0 spiro atoms. The minimum atomic E-state index is -3.27. The summed E-state index contributed by atoms with van der Waals surface area (Å²) in [5.41, 5.74) is 1.15. The molecule has 0 fully saturated rings. The molecule has 0 saturated heterocycles. The smallest absolute Gasteiger partial charge is 0.338 e. The van der Waals surface area contributed by atoms with Crippen LogP contribution in [0.4, 0.5) is 0 Å². The van der Waals surface area contributed by atoms with E-state index < -0.39 is 15.8 Å².